The van der Waals surface area contributed by atoms with Crippen LogP contribution in [0.4, 0.5) is 4.79 Å². The van der Waals surface area contributed by atoms with Gasteiger partial charge in [0.2, 0.25) is 11.8 Å². The van der Waals surface area contributed by atoms with Crippen LogP contribution in [-0.2, 0) is 14.3 Å². The Hall–Kier alpha value is -1.43. The summed E-state index contributed by atoms with van der Waals surface area (Å²) in [5.74, 6) is -1.08. The van der Waals surface area contributed by atoms with Crippen LogP contribution < -0.4 is 5.32 Å². The third-order valence-corrected chi connectivity index (χ3v) is 3.23. The number of carbonyl (C=O) groups is 3. The van der Waals surface area contributed by atoms with Gasteiger partial charge in [-0.25, -0.2) is 4.79 Å². The van der Waals surface area contributed by atoms with Gasteiger partial charge in [0, 0.05) is 6.61 Å². The summed E-state index contributed by atoms with van der Waals surface area (Å²) >= 11 is 0. The molecular weight excluding hydrogens is 260 g/mol. The molecular formula is C14H24N2O4. The van der Waals surface area contributed by atoms with E-state index < -0.39 is 23.8 Å². The molecule has 6 nitrogen and oxygen atoms in total. The highest BCUT2D eigenvalue weighted by atomic mass is 16.5. The monoisotopic (exact) mass is 284 g/mol. The fourth-order valence-electron chi connectivity index (χ4n) is 1.99. The average Bonchev–Trinajstić information content (AvgIpc) is 2.37. The first-order valence-corrected chi connectivity index (χ1v) is 7.21. The van der Waals surface area contributed by atoms with Crippen LogP contribution in [0.15, 0.2) is 0 Å². The number of amides is 4. The lowest BCUT2D eigenvalue weighted by molar-refractivity contribution is -0.143. The number of ether oxygens (including phenoxy) is 1. The number of hydrogen-bond acceptors (Lipinski definition) is 4. The number of barbiturate groups is 1. The van der Waals surface area contributed by atoms with Gasteiger partial charge in [0.05, 0.1) is 13.2 Å². The molecule has 1 N–H and O–H groups in total. The number of carbonyl (C=O) groups excluding carboxylic acids is 3. The van der Waals surface area contributed by atoms with E-state index in [-0.39, 0.29) is 6.54 Å². The van der Waals surface area contributed by atoms with E-state index in [0.29, 0.717) is 25.6 Å². The maximum Gasteiger partial charge on any atom is 0.330 e. The Labute approximate surface area is 119 Å². The van der Waals surface area contributed by atoms with Crippen molar-refractivity contribution in [3.8, 4) is 0 Å². The molecule has 0 radical (unpaired) electrons. The summed E-state index contributed by atoms with van der Waals surface area (Å²) in [6, 6.07) is -0.639. The van der Waals surface area contributed by atoms with Gasteiger partial charge in [-0.05, 0) is 18.8 Å². The lowest BCUT2D eigenvalue weighted by Crippen LogP contribution is -2.58. The van der Waals surface area contributed by atoms with Gasteiger partial charge in [0.1, 0.15) is 5.92 Å². The van der Waals surface area contributed by atoms with Crippen molar-refractivity contribution in [2.75, 3.05) is 19.8 Å². The first-order valence-electron chi connectivity index (χ1n) is 7.21. The van der Waals surface area contributed by atoms with Gasteiger partial charge in [-0.3, -0.25) is 19.8 Å². The van der Waals surface area contributed by atoms with Crippen LogP contribution in [0.5, 0.6) is 0 Å². The van der Waals surface area contributed by atoms with Crippen molar-refractivity contribution in [1.29, 1.82) is 0 Å². The maximum absolute atomic E-state index is 12.1. The standard InChI is InChI=1S/C14H24N2O4/c1-4-5-11-12(17)15-14(19)16(13(11)18)7-9-20-8-6-10(2)3/h10-11H,4-9H2,1-3H3,(H,15,17,19). The van der Waals surface area contributed by atoms with Crippen LogP contribution in [0.2, 0.25) is 0 Å². The summed E-state index contributed by atoms with van der Waals surface area (Å²) in [5, 5.41) is 2.23. The van der Waals surface area contributed by atoms with Crippen LogP contribution >= 0.6 is 0 Å². The number of nitrogens with zero attached hydrogens (tertiary/aromatic N) is 1. The molecule has 1 aliphatic heterocycles. The Morgan fingerprint density at radius 1 is 1.25 bits per heavy atom. The van der Waals surface area contributed by atoms with E-state index in [1.165, 1.54) is 0 Å². The molecule has 1 fully saturated rings. The second-order valence-electron chi connectivity index (χ2n) is 5.42. The molecule has 0 saturated carbocycles. The Bertz CT molecular complexity index is 368. The minimum Gasteiger partial charge on any atom is -0.380 e. The second-order valence-corrected chi connectivity index (χ2v) is 5.42. The van der Waals surface area contributed by atoms with Gasteiger partial charge >= 0.3 is 6.03 Å². The van der Waals surface area contributed by atoms with Crippen molar-refractivity contribution in [2.45, 2.75) is 40.0 Å². The molecule has 0 spiro atoms. The van der Waals surface area contributed by atoms with Crippen LogP contribution in [0, 0.1) is 11.8 Å². The molecule has 0 aromatic heterocycles. The van der Waals surface area contributed by atoms with Crippen molar-refractivity contribution < 1.29 is 19.1 Å². The summed E-state index contributed by atoms with van der Waals surface area (Å²) < 4.78 is 5.41. The average molecular weight is 284 g/mol. The SMILES string of the molecule is CCCC1C(=O)NC(=O)N(CCOCCC(C)C)C1=O. The zero-order valence-electron chi connectivity index (χ0n) is 12.5. The van der Waals surface area contributed by atoms with Gasteiger partial charge in [0.25, 0.3) is 0 Å². The largest absolute Gasteiger partial charge is 0.380 e. The molecule has 0 aromatic carbocycles. The highest BCUT2D eigenvalue weighted by Gasteiger charge is 2.39. The highest BCUT2D eigenvalue weighted by molar-refractivity contribution is 6.16. The van der Waals surface area contributed by atoms with Gasteiger partial charge in [-0.2, -0.15) is 0 Å². The summed E-state index contributed by atoms with van der Waals surface area (Å²) in [7, 11) is 0. The molecule has 6 heteroatoms. The van der Waals surface area contributed by atoms with Crippen molar-refractivity contribution >= 4 is 17.8 Å². The normalized spacial score (nSPS) is 19.7. The summed E-state index contributed by atoms with van der Waals surface area (Å²) in [6.07, 6.45) is 2.12. The quantitative estimate of drug-likeness (QED) is 0.542. The van der Waals surface area contributed by atoms with Crippen molar-refractivity contribution in [1.82, 2.24) is 10.2 Å². The van der Waals surface area contributed by atoms with E-state index in [4.69, 9.17) is 4.74 Å². The van der Waals surface area contributed by atoms with E-state index >= 15 is 0 Å². The molecule has 1 atom stereocenters. The van der Waals surface area contributed by atoms with Crippen molar-refractivity contribution in [3.05, 3.63) is 0 Å². The summed E-state index contributed by atoms with van der Waals surface area (Å²) in [6.45, 7) is 7.21. The fraction of sp³-hybridized carbons (Fsp3) is 0.786. The Morgan fingerprint density at radius 2 is 1.95 bits per heavy atom. The van der Waals surface area contributed by atoms with Crippen molar-refractivity contribution in [3.63, 3.8) is 0 Å². The molecule has 1 unspecified atom stereocenters. The smallest absolute Gasteiger partial charge is 0.330 e. The van der Waals surface area contributed by atoms with Crippen LogP contribution in [0.1, 0.15) is 40.0 Å². The molecule has 1 aliphatic rings. The Kier molecular flexibility index (Phi) is 6.64. The lowest BCUT2D eigenvalue weighted by atomic mass is 9.99. The molecule has 20 heavy (non-hydrogen) atoms. The number of nitrogens with one attached hydrogen (secondary N) is 1. The zero-order valence-corrected chi connectivity index (χ0v) is 12.5. The third kappa shape index (κ3) is 4.59. The molecule has 1 rings (SSSR count). The lowest BCUT2D eigenvalue weighted by Gasteiger charge is -2.29. The first kappa shape index (κ1) is 16.6. The van der Waals surface area contributed by atoms with Crippen LogP contribution in [-0.4, -0.2) is 42.5 Å². The van der Waals surface area contributed by atoms with Gasteiger partial charge in [0.15, 0.2) is 0 Å². The molecule has 0 aromatic rings. The number of urea groups is 1. The van der Waals surface area contributed by atoms with E-state index in [9.17, 15) is 14.4 Å². The summed E-state index contributed by atoms with van der Waals surface area (Å²) in [4.78, 5) is 36.4. The fourth-order valence-corrected chi connectivity index (χ4v) is 1.99. The van der Waals surface area contributed by atoms with Crippen LogP contribution in [0.3, 0.4) is 0 Å². The Balaban J connectivity index is 2.44. The maximum atomic E-state index is 12.1. The van der Waals surface area contributed by atoms with E-state index in [0.717, 1.165) is 17.7 Å². The molecule has 0 bridgehead atoms. The molecule has 1 heterocycles. The number of rotatable bonds is 8. The number of imide groups is 2. The van der Waals surface area contributed by atoms with Gasteiger partial charge in [-0.1, -0.05) is 27.2 Å². The molecule has 0 aliphatic carbocycles. The minimum atomic E-state index is -0.742. The van der Waals surface area contributed by atoms with Gasteiger partial charge in [-0.15, -0.1) is 0 Å². The topological polar surface area (TPSA) is 75.7 Å². The molecule has 4 amide bonds. The van der Waals surface area contributed by atoms with E-state index in [1.54, 1.807) is 0 Å². The van der Waals surface area contributed by atoms with E-state index in [1.807, 2.05) is 6.92 Å². The molecule has 1 saturated heterocycles. The van der Waals surface area contributed by atoms with E-state index in [2.05, 4.69) is 19.2 Å². The summed E-state index contributed by atoms with van der Waals surface area (Å²) in [5.41, 5.74) is 0. The van der Waals surface area contributed by atoms with Crippen molar-refractivity contribution in [2.24, 2.45) is 11.8 Å². The van der Waals surface area contributed by atoms with Gasteiger partial charge < -0.3 is 4.74 Å². The van der Waals surface area contributed by atoms with Crippen LogP contribution in [0.25, 0.3) is 0 Å². The first-order chi connectivity index (χ1) is 9.47. The second kappa shape index (κ2) is 7.99. The minimum absolute atomic E-state index is 0.191. The highest BCUT2D eigenvalue weighted by Crippen LogP contribution is 2.15. The molecule has 114 valence electrons. The predicted octanol–water partition coefficient (Wildman–Crippen LogP) is 1.54. The Morgan fingerprint density at radius 3 is 2.55 bits per heavy atom. The third-order valence-electron chi connectivity index (χ3n) is 3.23. The zero-order chi connectivity index (χ0) is 15.1. The predicted molar refractivity (Wildman–Crippen MR) is 73.9 cm³/mol. The number of hydrogen-bond donors (Lipinski definition) is 1.